The predicted octanol–water partition coefficient (Wildman–Crippen LogP) is 9.20. The number of aromatic nitrogens is 1. The summed E-state index contributed by atoms with van der Waals surface area (Å²) in [7, 11) is 0. The number of thiocarbonyl (C=S) groups is 1. The van der Waals surface area contributed by atoms with Gasteiger partial charge in [-0.1, -0.05) is 45.0 Å². The summed E-state index contributed by atoms with van der Waals surface area (Å²) < 4.78 is 58.3. The summed E-state index contributed by atoms with van der Waals surface area (Å²) in [5.41, 5.74) is 1.74. The van der Waals surface area contributed by atoms with E-state index in [1.165, 1.54) is 6.07 Å². The van der Waals surface area contributed by atoms with Crippen LogP contribution < -0.4 is 19.9 Å². The van der Waals surface area contributed by atoms with Crippen LogP contribution >= 0.6 is 23.6 Å². The SMILES string of the molecule is Cc1ncsc1-c1ccc(CCC(=O)[C@@H]2C[C@@H](O)CC2C(=O)[C@@H](NC(=O)COCCOCCCCCOc2ccc(N3C(=S)N(c4ccc(C#N)c(C(F)(F)F)c4)C(=O)C3(C)C)cc2)C(C)(C)C)cc1. The number of carbonyl (C=O) groups excluding carboxylic acids is 4. The first-order valence-corrected chi connectivity index (χ1v) is 24.6. The minimum atomic E-state index is -4.80. The van der Waals surface area contributed by atoms with Gasteiger partial charge in [0.05, 0.1) is 70.9 Å². The molecule has 1 aliphatic heterocycles. The number of alkyl halides is 3. The number of aliphatic hydroxyl groups excluding tert-OH is 1. The van der Waals surface area contributed by atoms with Crippen molar-refractivity contribution in [3.05, 3.63) is 94.6 Å². The molecule has 1 saturated heterocycles. The average molecular weight is 1000 g/mol. The van der Waals surface area contributed by atoms with Gasteiger partial charge < -0.3 is 29.5 Å². The number of benzene rings is 3. The van der Waals surface area contributed by atoms with E-state index in [4.69, 9.17) is 26.4 Å². The zero-order chi connectivity index (χ0) is 51.0. The van der Waals surface area contributed by atoms with Crippen molar-refractivity contribution < 1.29 is 51.7 Å². The Kier molecular flexibility index (Phi) is 17.7. The number of amides is 2. The molecule has 13 nitrogen and oxygen atoms in total. The first-order chi connectivity index (χ1) is 33.1. The highest BCUT2D eigenvalue weighted by Crippen LogP contribution is 2.41. The Balaban J connectivity index is 0.867. The number of Topliss-reactive ketones (excluding diaryl/α,β-unsaturated/α-hetero) is 2. The van der Waals surface area contributed by atoms with E-state index in [1.54, 1.807) is 60.4 Å². The maximum Gasteiger partial charge on any atom is 0.417 e. The summed E-state index contributed by atoms with van der Waals surface area (Å²) in [6.45, 7) is 11.8. The van der Waals surface area contributed by atoms with Crippen molar-refractivity contribution in [1.29, 1.82) is 5.26 Å². The molecule has 1 aliphatic carbocycles. The number of hydrogen-bond acceptors (Lipinski definition) is 12. The highest BCUT2D eigenvalue weighted by molar-refractivity contribution is 7.81. The summed E-state index contributed by atoms with van der Waals surface area (Å²) in [6.07, 6.45) is -2.12. The molecule has 70 heavy (non-hydrogen) atoms. The second-order valence-corrected chi connectivity index (χ2v) is 20.5. The number of rotatable bonds is 22. The van der Waals surface area contributed by atoms with Crippen LogP contribution in [0.2, 0.25) is 0 Å². The molecule has 4 aromatic rings. The monoisotopic (exact) mass is 1000 g/mol. The number of anilines is 2. The van der Waals surface area contributed by atoms with E-state index >= 15 is 0 Å². The van der Waals surface area contributed by atoms with E-state index in [2.05, 4.69) is 10.3 Å². The highest BCUT2D eigenvalue weighted by Gasteiger charge is 2.51. The molecular weight excluding hydrogens is 944 g/mol. The van der Waals surface area contributed by atoms with E-state index in [0.29, 0.717) is 31.1 Å². The second-order valence-electron chi connectivity index (χ2n) is 19.3. The molecule has 2 N–H and O–H groups in total. The average Bonchev–Trinajstić information content (AvgIpc) is 3.98. The van der Waals surface area contributed by atoms with Crippen molar-refractivity contribution >= 4 is 63.4 Å². The lowest BCUT2D eigenvalue weighted by atomic mass is 9.76. The smallest absolute Gasteiger partial charge is 0.417 e. The summed E-state index contributed by atoms with van der Waals surface area (Å²) >= 11 is 7.20. The Labute approximate surface area is 416 Å². The van der Waals surface area contributed by atoms with Crippen molar-refractivity contribution in [3.8, 4) is 22.3 Å². The Morgan fingerprint density at radius 3 is 2.24 bits per heavy atom. The van der Waals surface area contributed by atoms with Crippen molar-refractivity contribution in [2.45, 2.75) is 110 Å². The van der Waals surface area contributed by atoms with Crippen LogP contribution in [-0.2, 0) is 41.2 Å². The number of ketones is 2. The number of thiazole rings is 1. The van der Waals surface area contributed by atoms with Gasteiger partial charge in [0.15, 0.2) is 10.9 Å². The van der Waals surface area contributed by atoms with Crippen LogP contribution in [0, 0.1) is 35.5 Å². The number of halogens is 3. The number of nitrogens with zero attached hydrogens (tertiary/aromatic N) is 4. The molecule has 374 valence electrons. The largest absolute Gasteiger partial charge is 0.494 e. The summed E-state index contributed by atoms with van der Waals surface area (Å²) in [5.74, 6) is -2.06. The normalized spacial score (nSPS) is 18.5. The zero-order valence-corrected chi connectivity index (χ0v) is 41.9. The summed E-state index contributed by atoms with van der Waals surface area (Å²) in [5, 5.41) is 22.7. The number of hydrogen-bond donors (Lipinski definition) is 2. The number of carbonyl (C=O) groups is 4. The second kappa shape index (κ2) is 23.1. The first-order valence-electron chi connectivity index (χ1n) is 23.3. The molecule has 2 aliphatic rings. The fourth-order valence-electron chi connectivity index (χ4n) is 8.88. The maximum atomic E-state index is 14.0. The molecule has 1 unspecified atom stereocenters. The zero-order valence-electron chi connectivity index (χ0n) is 40.3. The number of ether oxygens (including phenoxy) is 3. The molecule has 3 aromatic carbocycles. The Hall–Kier alpha value is -5.58. The molecule has 6 rings (SSSR count). The lowest BCUT2D eigenvalue weighted by molar-refractivity contribution is -0.138. The number of nitriles is 1. The van der Waals surface area contributed by atoms with Crippen LogP contribution in [0.25, 0.3) is 10.4 Å². The van der Waals surface area contributed by atoms with Crippen molar-refractivity contribution in [2.24, 2.45) is 17.3 Å². The highest BCUT2D eigenvalue weighted by atomic mass is 32.1. The lowest BCUT2D eigenvalue weighted by Gasteiger charge is -2.33. The molecule has 2 heterocycles. The van der Waals surface area contributed by atoms with Crippen molar-refractivity contribution in [1.82, 2.24) is 10.3 Å². The number of aryl methyl sites for hydroxylation is 2. The van der Waals surface area contributed by atoms with Crippen LogP contribution in [0.3, 0.4) is 0 Å². The summed E-state index contributed by atoms with van der Waals surface area (Å²) in [6, 6.07) is 18.7. The van der Waals surface area contributed by atoms with Crippen molar-refractivity contribution in [3.63, 3.8) is 0 Å². The third-order valence-corrected chi connectivity index (χ3v) is 14.0. The van der Waals surface area contributed by atoms with Gasteiger partial charge in [-0.15, -0.1) is 11.3 Å². The molecule has 2 fully saturated rings. The van der Waals surface area contributed by atoms with Gasteiger partial charge in [-0.05, 0) is 131 Å². The van der Waals surface area contributed by atoms with E-state index in [9.17, 15) is 42.7 Å². The summed E-state index contributed by atoms with van der Waals surface area (Å²) in [4.78, 5) is 62.2. The van der Waals surface area contributed by atoms with E-state index in [0.717, 1.165) is 58.0 Å². The fourth-order valence-corrected chi connectivity index (χ4v) is 10.2. The van der Waals surface area contributed by atoms with Crippen LogP contribution in [0.4, 0.5) is 24.5 Å². The van der Waals surface area contributed by atoms with Crippen LogP contribution in [0.15, 0.2) is 72.2 Å². The molecule has 0 spiro atoms. The van der Waals surface area contributed by atoms with Crippen LogP contribution in [-0.4, -0.2) is 89.3 Å². The van der Waals surface area contributed by atoms with E-state index in [-0.39, 0.29) is 61.4 Å². The molecular formula is C52H60F3N5O8S2. The minimum absolute atomic E-state index is 0.00181. The van der Waals surface area contributed by atoms with Crippen LogP contribution in [0.5, 0.6) is 5.75 Å². The van der Waals surface area contributed by atoms with Gasteiger partial charge in [0.2, 0.25) is 5.91 Å². The standard InChI is InChI=1S/C52H60F3N5O8S2/c1-32-46(70-31-57-32)34-13-10-33(11-14-34)12-21-43(62)40-27-38(61)28-41(40)45(64)47(50(2,3)4)58-44(63)30-67-25-24-66-22-8-7-9-23-68-39-19-17-36(18-20-39)60-49(69)59(48(65)51(60,5)6)37-16-15-35(29-56)42(26-37)52(53,54)55/h10-11,13-20,26,31,38,40-41,47,61H,7-9,12,21-25,27-28,30H2,1-6H3,(H,58,63)/t38-,40-,41?,47-/m1/s1. The van der Waals surface area contributed by atoms with Gasteiger partial charge in [0.1, 0.15) is 23.7 Å². The number of nitrogens with one attached hydrogen (secondary N) is 1. The van der Waals surface area contributed by atoms with Gasteiger partial charge in [-0.3, -0.25) is 24.1 Å². The topological polar surface area (TPSA) is 171 Å². The van der Waals surface area contributed by atoms with Gasteiger partial charge >= 0.3 is 6.18 Å². The van der Waals surface area contributed by atoms with Gasteiger partial charge in [0.25, 0.3) is 5.91 Å². The molecule has 0 bridgehead atoms. The van der Waals surface area contributed by atoms with Crippen molar-refractivity contribution in [2.75, 3.05) is 42.8 Å². The van der Waals surface area contributed by atoms with Gasteiger partial charge in [-0.25, -0.2) is 4.98 Å². The first kappa shape index (κ1) is 53.8. The predicted molar refractivity (Wildman–Crippen MR) is 264 cm³/mol. The number of aliphatic hydroxyl groups is 1. The molecule has 18 heteroatoms. The maximum absolute atomic E-state index is 14.0. The van der Waals surface area contributed by atoms with E-state index < -0.39 is 64.1 Å². The van der Waals surface area contributed by atoms with E-state index in [1.807, 2.05) is 57.5 Å². The lowest BCUT2D eigenvalue weighted by Crippen LogP contribution is -2.53. The van der Waals surface area contributed by atoms with Gasteiger partial charge in [0, 0.05) is 30.6 Å². The third-order valence-electron chi connectivity index (χ3n) is 12.7. The molecule has 1 aromatic heterocycles. The molecule has 2 amide bonds. The fraction of sp³-hybridized carbons (Fsp3) is 0.481. The minimum Gasteiger partial charge on any atom is -0.494 e. The Morgan fingerprint density at radius 2 is 1.60 bits per heavy atom. The quantitative estimate of drug-likeness (QED) is 0.0566. The van der Waals surface area contributed by atoms with Gasteiger partial charge in [-0.2, -0.15) is 18.4 Å². The number of unbranched alkanes of at least 4 members (excludes halogenated alkanes) is 2. The Bertz CT molecular complexity index is 2550. The third kappa shape index (κ3) is 13.0. The Morgan fingerprint density at radius 1 is 0.943 bits per heavy atom. The van der Waals surface area contributed by atoms with Crippen LogP contribution in [0.1, 0.15) is 95.5 Å². The molecule has 1 saturated carbocycles. The molecule has 4 atom stereocenters. The molecule has 0 radical (unpaired) electrons.